The van der Waals surface area contributed by atoms with Crippen LogP contribution in [0.1, 0.15) is 40.5 Å². The zero-order chi connectivity index (χ0) is 24.5. The average molecular weight is 496 g/mol. The SMILES string of the molecule is COC(=O)c1cncc(-c2cc(F)c(NC(=O)[C@@]34C[C@H]5Cc6cc(=O)[nH]nc6[C@@H](C3)N54)cc2Cl)c1. The molecule has 0 unspecified atom stereocenters. The Labute approximate surface area is 203 Å². The molecule has 3 aromatic rings. The van der Waals surface area contributed by atoms with Crippen molar-refractivity contribution in [3.05, 3.63) is 74.7 Å². The summed E-state index contributed by atoms with van der Waals surface area (Å²) in [6.45, 7) is 0. The number of esters is 1. The summed E-state index contributed by atoms with van der Waals surface area (Å²) in [5.41, 5.74) is 1.72. The first-order valence-electron chi connectivity index (χ1n) is 11.0. The zero-order valence-electron chi connectivity index (χ0n) is 18.5. The van der Waals surface area contributed by atoms with E-state index in [1.807, 2.05) is 0 Å². The molecule has 2 N–H and O–H groups in total. The van der Waals surface area contributed by atoms with Crippen molar-refractivity contribution in [1.29, 1.82) is 0 Å². The molecule has 2 fully saturated rings. The highest BCUT2D eigenvalue weighted by molar-refractivity contribution is 6.33. The molecule has 0 spiro atoms. The van der Waals surface area contributed by atoms with Crippen molar-refractivity contribution in [2.75, 3.05) is 12.4 Å². The number of methoxy groups -OCH3 is 1. The number of nitrogens with zero attached hydrogens (tertiary/aromatic N) is 3. The fraction of sp³-hybridized carbons (Fsp3) is 0.292. The molecule has 178 valence electrons. The molecule has 11 heteroatoms. The molecular weight excluding hydrogens is 477 g/mol. The summed E-state index contributed by atoms with van der Waals surface area (Å²) in [5.74, 6) is -1.53. The number of aromatic amines is 1. The molecule has 6 rings (SSSR count). The van der Waals surface area contributed by atoms with Crippen LogP contribution in [0, 0.1) is 5.82 Å². The Morgan fingerprint density at radius 2 is 2.09 bits per heavy atom. The van der Waals surface area contributed by atoms with Gasteiger partial charge in [0.2, 0.25) is 5.91 Å². The molecule has 9 nitrogen and oxygen atoms in total. The number of carbonyl (C=O) groups excluding carboxylic acids is 2. The fourth-order valence-corrected chi connectivity index (χ4v) is 5.93. The number of halogens is 2. The quantitative estimate of drug-likeness (QED) is 0.534. The standard InChI is InChI=1S/C24H19ClFN5O4/c1-35-22(33)13-2-12(9-27-10-13)15-5-17(26)18(6-16(15)25)28-23(34)24-7-14-3-11-4-20(32)29-30-21(11)19(8-24)31(14)24/h2,4-6,9-10,14,19H,3,7-8H2,1H3,(H,28,34)(H,29,32)/t14-,19-,24-/m1/s1. The Morgan fingerprint density at radius 1 is 1.26 bits per heavy atom. The predicted molar refractivity (Wildman–Crippen MR) is 124 cm³/mol. The number of carbonyl (C=O) groups is 2. The van der Waals surface area contributed by atoms with Crippen molar-refractivity contribution < 1.29 is 18.7 Å². The van der Waals surface area contributed by atoms with Crippen LogP contribution in [-0.4, -0.2) is 50.6 Å². The number of benzene rings is 1. The van der Waals surface area contributed by atoms with Crippen LogP contribution < -0.4 is 10.9 Å². The van der Waals surface area contributed by atoms with Crippen LogP contribution in [0.15, 0.2) is 41.5 Å². The van der Waals surface area contributed by atoms with Crippen LogP contribution in [0.25, 0.3) is 11.1 Å². The second-order valence-corrected chi connectivity index (χ2v) is 9.49. The molecule has 1 amide bonds. The van der Waals surface area contributed by atoms with Gasteiger partial charge in [-0.2, -0.15) is 5.10 Å². The molecule has 35 heavy (non-hydrogen) atoms. The summed E-state index contributed by atoms with van der Waals surface area (Å²) in [6, 6.07) is 5.77. The van der Waals surface area contributed by atoms with Crippen LogP contribution in [-0.2, 0) is 16.0 Å². The highest BCUT2D eigenvalue weighted by Gasteiger charge is 2.69. The third-order valence-corrected chi connectivity index (χ3v) is 7.53. The second-order valence-electron chi connectivity index (χ2n) is 9.08. The summed E-state index contributed by atoms with van der Waals surface area (Å²) in [6.07, 6.45) is 4.63. The Hall–Kier alpha value is -3.63. The van der Waals surface area contributed by atoms with E-state index in [2.05, 4.69) is 25.4 Å². The first-order valence-corrected chi connectivity index (χ1v) is 11.4. The van der Waals surface area contributed by atoms with Crippen LogP contribution in [0.5, 0.6) is 0 Å². The van der Waals surface area contributed by atoms with Gasteiger partial charge in [0.25, 0.3) is 5.56 Å². The third kappa shape index (κ3) is 3.20. The maximum Gasteiger partial charge on any atom is 0.339 e. The maximum atomic E-state index is 15.0. The number of amides is 1. The summed E-state index contributed by atoms with van der Waals surface area (Å²) in [5, 5.41) is 9.57. The van der Waals surface area contributed by atoms with E-state index in [4.69, 9.17) is 16.3 Å². The van der Waals surface area contributed by atoms with E-state index in [0.717, 1.165) is 11.3 Å². The summed E-state index contributed by atoms with van der Waals surface area (Å²) >= 11 is 6.43. The molecule has 5 heterocycles. The van der Waals surface area contributed by atoms with Crippen LogP contribution in [0.4, 0.5) is 10.1 Å². The van der Waals surface area contributed by atoms with Gasteiger partial charge in [0.15, 0.2) is 0 Å². The van der Waals surface area contributed by atoms with Crippen LogP contribution >= 0.6 is 11.6 Å². The van der Waals surface area contributed by atoms with Gasteiger partial charge < -0.3 is 10.1 Å². The topological polar surface area (TPSA) is 117 Å². The number of rotatable bonds is 4. The predicted octanol–water partition coefficient (Wildman–Crippen LogP) is 2.86. The molecule has 2 saturated heterocycles. The van der Waals surface area contributed by atoms with Crippen molar-refractivity contribution in [1.82, 2.24) is 20.1 Å². The van der Waals surface area contributed by atoms with Crippen LogP contribution in [0.2, 0.25) is 5.02 Å². The number of hydrogen-bond acceptors (Lipinski definition) is 7. The second kappa shape index (κ2) is 7.69. The van der Waals surface area contributed by atoms with Crippen molar-refractivity contribution in [2.45, 2.75) is 36.9 Å². The number of ether oxygens (including phenoxy) is 1. The lowest BCUT2D eigenvalue weighted by molar-refractivity contribution is -0.207. The van der Waals surface area contributed by atoms with E-state index >= 15 is 4.39 Å². The minimum absolute atomic E-state index is 0.0260. The molecular formula is C24H19ClFN5O4. The lowest BCUT2D eigenvalue weighted by Crippen LogP contribution is -2.81. The molecule has 3 aliphatic rings. The molecule has 3 atom stereocenters. The van der Waals surface area contributed by atoms with E-state index in [1.54, 1.807) is 6.07 Å². The number of nitrogens with one attached hydrogen (secondary N) is 2. The van der Waals surface area contributed by atoms with Gasteiger partial charge in [0.1, 0.15) is 11.4 Å². The molecule has 1 aromatic carbocycles. The minimum Gasteiger partial charge on any atom is -0.465 e. The number of aromatic nitrogens is 3. The van der Waals surface area contributed by atoms with Gasteiger partial charge in [0.05, 0.1) is 35.1 Å². The number of hydrogen-bond donors (Lipinski definition) is 2. The molecule has 3 aliphatic heterocycles. The van der Waals surface area contributed by atoms with Gasteiger partial charge in [-0.05, 0) is 43.0 Å². The van der Waals surface area contributed by atoms with Gasteiger partial charge in [-0.1, -0.05) is 11.6 Å². The Morgan fingerprint density at radius 3 is 2.89 bits per heavy atom. The average Bonchev–Trinajstić information content (AvgIpc) is 2.82. The highest BCUT2D eigenvalue weighted by atomic mass is 35.5. The van der Waals surface area contributed by atoms with Crippen molar-refractivity contribution >= 4 is 29.2 Å². The van der Waals surface area contributed by atoms with Gasteiger partial charge in [-0.15, -0.1) is 0 Å². The lowest BCUT2D eigenvalue weighted by Gasteiger charge is -2.70. The Kier molecular flexibility index (Phi) is 4.81. The maximum absolute atomic E-state index is 15.0. The lowest BCUT2D eigenvalue weighted by atomic mass is 9.59. The van der Waals surface area contributed by atoms with Crippen LogP contribution in [0.3, 0.4) is 0 Å². The fourth-order valence-electron chi connectivity index (χ4n) is 5.66. The smallest absolute Gasteiger partial charge is 0.339 e. The number of pyridine rings is 1. The third-order valence-electron chi connectivity index (χ3n) is 7.22. The van der Waals surface area contributed by atoms with E-state index in [9.17, 15) is 14.4 Å². The number of fused-ring (bicyclic) bond motifs is 2. The number of H-pyrrole nitrogens is 1. The first kappa shape index (κ1) is 21.9. The van der Waals surface area contributed by atoms with E-state index in [-0.39, 0.29) is 39.8 Å². The molecule has 0 saturated carbocycles. The minimum atomic E-state index is -0.721. The van der Waals surface area contributed by atoms with Crippen molar-refractivity contribution in [2.24, 2.45) is 0 Å². The number of piperidine rings is 1. The Balaban J connectivity index is 1.23. The molecule has 0 bridgehead atoms. The normalized spacial score (nSPS) is 23.9. The zero-order valence-corrected chi connectivity index (χ0v) is 19.2. The first-order chi connectivity index (χ1) is 16.8. The summed E-state index contributed by atoms with van der Waals surface area (Å²) in [7, 11) is 1.26. The van der Waals surface area contributed by atoms with E-state index in [0.29, 0.717) is 30.4 Å². The van der Waals surface area contributed by atoms with E-state index < -0.39 is 17.3 Å². The van der Waals surface area contributed by atoms with Gasteiger partial charge in [-0.3, -0.25) is 19.5 Å². The molecule has 0 radical (unpaired) electrons. The van der Waals surface area contributed by atoms with Crippen molar-refractivity contribution in [3.8, 4) is 11.1 Å². The Bertz CT molecular complexity index is 1480. The largest absolute Gasteiger partial charge is 0.465 e. The number of anilines is 1. The molecule has 0 aliphatic carbocycles. The molecule has 2 aromatic heterocycles. The highest BCUT2D eigenvalue weighted by Crippen LogP contribution is 2.61. The summed E-state index contributed by atoms with van der Waals surface area (Å²) in [4.78, 5) is 42.8. The summed E-state index contributed by atoms with van der Waals surface area (Å²) < 4.78 is 19.8. The van der Waals surface area contributed by atoms with Crippen molar-refractivity contribution in [3.63, 3.8) is 0 Å². The monoisotopic (exact) mass is 495 g/mol. The van der Waals surface area contributed by atoms with E-state index in [1.165, 1.54) is 37.7 Å². The van der Waals surface area contributed by atoms with Gasteiger partial charge in [-0.25, -0.2) is 14.3 Å². The van der Waals surface area contributed by atoms with Gasteiger partial charge in [0, 0.05) is 35.6 Å². The van der Waals surface area contributed by atoms with Gasteiger partial charge >= 0.3 is 5.97 Å².